The standard InChI is InChI=1S/C11H16Br2O3/c1-7(14)3-4-8(5-9(15)16)10(2)6-11(10,12)13/h8H,3-6H2,1-2H3,(H,15,16)/t8-,10-/m1/s1. The third-order valence-corrected chi connectivity index (χ3v) is 5.84. The van der Waals surface area contributed by atoms with Crippen molar-refractivity contribution in [1.29, 1.82) is 0 Å². The summed E-state index contributed by atoms with van der Waals surface area (Å²) in [6, 6.07) is 0. The smallest absolute Gasteiger partial charge is 0.303 e. The van der Waals surface area contributed by atoms with Gasteiger partial charge in [0, 0.05) is 12.8 Å². The summed E-state index contributed by atoms with van der Waals surface area (Å²) in [4.78, 5) is 21.8. The van der Waals surface area contributed by atoms with Crippen LogP contribution in [0.3, 0.4) is 0 Å². The van der Waals surface area contributed by atoms with Gasteiger partial charge in [0.1, 0.15) is 5.78 Å². The van der Waals surface area contributed by atoms with Crippen LogP contribution in [0.25, 0.3) is 0 Å². The van der Waals surface area contributed by atoms with Crippen LogP contribution in [0.1, 0.15) is 39.5 Å². The number of ketones is 1. The summed E-state index contributed by atoms with van der Waals surface area (Å²) in [5.74, 6) is -0.639. The van der Waals surface area contributed by atoms with Gasteiger partial charge in [0.15, 0.2) is 0 Å². The molecule has 1 fully saturated rings. The van der Waals surface area contributed by atoms with Gasteiger partial charge < -0.3 is 9.90 Å². The minimum Gasteiger partial charge on any atom is -0.481 e. The molecule has 0 heterocycles. The molecule has 0 saturated heterocycles. The molecule has 0 aliphatic heterocycles. The minimum absolute atomic E-state index is 0.0349. The lowest BCUT2D eigenvalue weighted by molar-refractivity contribution is -0.139. The van der Waals surface area contributed by atoms with E-state index >= 15 is 0 Å². The van der Waals surface area contributed by atoms with E-state index < -0.39 is 5.97 Å². The Bertz CT molecular complexity index is 314. The quantitative estimate of drug-likeness (QED) is 0.743. The fourth-order valence-electron chi connectivity index (χ4n) is 2.09. The normalized spacial score (nSPS) is 28.5. The molecule has 16 heavy (non-hydrogen) atoms. The zero-order valence-electron chi connectivity index (χ0n) is 9.43. The van der Waals surface area contributed by atoms with Gasteiger partial charge in [-0.25, -0.2) is 0 Å². The lowest BCUT2D eigenvalue weighted by atomic mass is 9.84. The Labute approximate surface area is 112 Å². The van der Waals surface area contributed by atoms with Gasteiger partial charge in [0.2, 0.25) is 0 Å². The second-order valence-electron chi connectivity index (χ2n) is 4.83. The number of halogens is 2. The Balaban J connectivity index is 2.65. The molecule has 1 rings (SSSR count). The molecule has 5 heteroatoms. The Morgan fingerprint density at radius 3 is 2.25 bits per heavy atom. The molecule has 0 radical (unpaired) electrons. The van der Waals surface area contributed by atoms with E-state index in [2.05, 4.69) is 38.8 Å². The van der Waals surface area contributed by atoms with Gasteiger partial charge in [-0.05, 0) is 31.1 Å². The van der Waals surface area contributed by atoms with Crippen LogP contribution in [-0.4, -0.2) is 20.1 Å². The first-order valence-corrected chi connectivity index (χ1v) is 6.87. The SMILES string of the molecule is CC(=O)CC[C@H](CC(=O)O)[C@@]1(C)CC1(Br)Br. The van der Waals surface area contributed by atoms with Crippen molar-refractivity contribution in [2.45, 2.75) is 42.8 Å². The van der Waals surface area contributed by atoms with E-state index in [1.165, 1.54) is 0 Å². The molecule has 0 aromatic heterocycles. The van der Waals surface area contributed by atoms with Gasteiger partial charge in [-0.3, -0.25) is 4.79 Å². The Hall–Kier alpha value is 0.1000. The summed E-state index contributed by atoms with van der Waals surface area (Å²) in [5.41, 5.74) is -0.0686. The topological polar surface area (TPSA) is 54.4 Å². The fraction of sp³-hybridized carbons (Fsp3) is 0.818. The zero-order valence-corrected chi connectivity index (χ0v) is 12.6. The van der Waals surface area contributed by atoms with Crippen molar-refractivity contribution in [3.8, 4) is 0 Å². The molecule has 1 saturated carbocycles. The van der Waals surface area contributed by atoms with Gasteiger partial charge in [0.05, 0.1) is 3.23 Å². The second kappa shape index (κ2) is 4.77. The third-order valence-electron chi connectivity index (χ3n) is 3.47. The molecule has 0 bridgehead atoms. The lowest BCUT2D eigenvalue weighted by Crippen LogP contribution is -2.22. The van der Waals surface area contributed by atoms with E-state index in [1.54, 1.807) is 6.92 Å². The Morgan fingerprint density at radius 2 is 1.94 bits per heavy atom. The van der Waals surface area contributed by atoms with E-state index in [0.29, 0.717) is 12.8 Å². The second-order valence-corrected chi connectivity index (χ2v) is 8.61. The van der Waals surface area contributed by atoms with E-state index in [0.717, 1.165) is 6.42 Å². The van der Waals surface area contributed by atoms with E-state index in [-0.39, 0.29) is 26.8 Å². The summed E-state index contributed by atoms with van der Waals surface area (Å²) in [7, 11) is 0. The highest BCUT2D eigenvalue weighted by atomic mass is 79.9. The first-order chi connectivity index (χ1) is 7.19. The van der Waals surface area contributed by atoms with Gasteiger partial charge in [-0.15, -0.1) is 0 Å². The van der Waals surface area contributed by atoms with E-state index in [1.807, 2.05) is 0 Å². The number of alkyl halides is 2. The Morgan fingerprint density at radius 1 is 1.44 bits per heavy atom. The predicted molar refractivity (Wildman–Crippen MR) is 69.0 cm³/mol. The van der Waals surface area contributed by atoms with Crippen LogP contribution in [0.2, 0.25) is 0 Å². The molecule has 2 atom stereocenters. The van der Waals surface area contributed by atoms with E-state index in [4.69, 9.17) is 5.11 Å². The molecule has 3 nitrogen and oxygen atoms in total. The number of carbonyl (C=O) groups excluding carboxylic acids is 1. The summed E-state index contributed by atoms with van der Waals surface area (Å²) >= 11 is 7.09. The zero-order chi connectivity index (χ0) is 12.6. The number of hydrogen-bond acceptors (Lipinski definition) is 2. The number of carboxylic acid groups (broad SMARTS) is 1. The minimum atomic E-state index is -0.794. The number of hydrogen-bond donors (Lipinski definition) is 1. The van der Waals surface area contributed by atoms with E-state index in [9.17, 15) is 9.59 Å². The average Bonchev–Trinajstić information content (AvgIpc) is 2.60. The number of carboxylic acids is 1. The molecule has 0 amide bonds. The third kappa shape index (κ3) is 3.06. The monoisotopic (exact) mass is 354 g/mol. The number of Topliss-reactive ketones (excluding diaryl/α,β-unsaturated/α-hetero) is 1. The van der Waals surface area contributed by atoms with Gasteiger partial charge in [-0.2, -0.15) is 0 Å². The maximum absolute atomic E-state index is 11.0. The van der Waals surface area contributed by atoms with Crippen LogP contribution in [0.4, 0.5) is 0 Å². The van der Waals surface area contributed by atoms with Gasteiger partial charge in [0.25, 0.3) is 0 Å². The fourth-order valence-corrected chi connectivity index (χ4v) is 3.91. The van der Waals surface area contributed by atoms with Crippen molar-refractivity contribution in [2.75, 3.05) is 0 Å². The average molecular weight is 356 g/mol. The first kappa shape index (κ1) is 14.2. The molecule has 0 aromatic rings. The van der Waals surface area contributed by atoms with Crippen molar-refractivity contribution in [3.05, 3.63) is 0 Å². The largest absolute Gasteiger partial charge is 0.481 e. The predicted octanol–water partition coefficient (Wildman–Crippen LogP) is 3.34. The van der Waals surface area contributed by atoms with Crippen molar-refractivity contribution in [3.63, 3.8) is 0 Å². The lowest BCUT2D eigenvalue weighted by Gasteiger charge is -2.23. The van der Waals surface area contributed by atoms with Gasteiger partial charge in [-0.1, -0.05) is 38.8 Å². The van der Waals surface area contributed by atoms with Crippen molar-refractivity contribution in [1.82, 2.24) is 0 Å². The van der Waals surface area contributed by atoms with Crippen LogP contribution in [0, 0.1) is 11.3 Å². The molecule has 1 aliphatic rings. The van der Waals surface area contributed by atoms with Crippen molar-refractivity contribution < 1.29 is 14.7 Å². The molecule has 92 valence electrons. The summed E-state index contributed by atoms with van der Waals surface area (Å²) in [6.07, 6.45) is 2.14. The van der Waals surface area contributed by atoms with Crippen LogP contribution in [-0.2, 0) is 9.59 Å². The molecular weight excluding hydrogens is 340 g/mol. The van der Waals surface area contributed by atoms with Crippen molar-refractivity contribution >= 4 is 43.6 Å². The number of rotatable bonds is 6. The highest BCUT2D eigenvalue weighted by Crippen LogP contribution is 2.71. The van der Waals surface area contributed by atoms with Crippen LogP contribution in [0.15, 0.2) is 0 Å². The Kier molecular flexibility index (Phi) is 4.22. The maximum Gasteiger partial charge on any atom is 0.303 e. The first-order valence-electron chi connectivity index (χ1n) is 5.28. The highest BCUT2D eigenvalue weighted by Gasteiger charge is 2.65. The molecule has 0 unspecified atom stereocenters. The molecule has 0 spiro atoms. The molecule has 0 aromatic carbocycles. The molecule has 1 N–H and O–H groups in total. The van der Waals surface area contributed by atoms with Crippen LogP contribution < -0.4 is 0 Å². The maximum atomic E-state index is 11.0. The highest BCUT2D eigenvalue weighted by molar-refractivity contribution is 9.25. The van der Waals surface area contributed by atoms with Gasteiger partial charge >= 0.3 is 5.97 Å². The summed E-state index contributed by atoms with van der Waals surface area (Å²) in [6.45, 7) is 3.60. The molecular formula is C11H16Br2O3. The summed E-state index contributed by atoms with van der Waals surface area (Å²) < 4.78 is -0.149. The van der Waals surface area contributed by atoms with Crippen LogP contribution >= 0.6 is 31.9 Å². The number of carbonyl (C=O) groups is 2. The van der Waals surface area contributed by atoms with Crippen LogP contribution in [0.5, 0.6) is 0 Å². The summed E-state index contributed by atoms with van der Waals surface area (Å²) in [5, 5.41) is 8.89. The molecule has 1 aliphatic carbocycles. The van der Waals surface area contributed by atoms with Crippen molar-refractivity contribution in [2.24, 2.45) is 11.3 Å². The number of aliphatic carboxylic acids is 1.